The predicted octanol–water partition coefficient (Wildman–Crippen LogP) is 3.75. The Bertz CT molecular complexity index is 1140. The summed E-state index contributed by atoms with van der Waals surface area (Å²) in [6.45, 7) is 3.50. The third-order valence-corrected chi connectivity index (χ3v) is 4.80. The van der Waals surface area contributed by atoms with Crippen LogP contribution in [0.25, 0.3) is 0 Å². The van der Waals surface area contributed by atoms with E-state index in [0.29, 0.717) is 47.0 Å². The van der Waals surface area contributed by atoms with Crippen LogP contribution in [0.4, 0.5) is 10.2 Å². The summed E-state index contributed by atoms with van der Waals surface area (Å²) in [7, 11) is 0. The van der Waals surface area contributed by atoms with Gasteiger partial charge in [-0.2, -0.15) is 5.10 Å². The van der Waals surface area contributed by atoms with Gasteiger partial charge in [0, 0.05) is 29.2 Å². The number of nitrogens with one attached hydrogen (secondary N) is 2. The van der Waals surface area contributed by atoms with E-state index in [1.165, 1.54) is 24.3 Å². The minimum atomic E-state index is -0.449. The molecule has 3 aromatic rings. The molecule has 8 nitrogen and oxygen atoms in total. The molecule has 9 heteroatoms. The van der Waals surface area contributed by atoms with Gasteiger partial charge in [0.1, 0.15) is 17.3 Å². The Balaban J connectivity index is 1.56. The Kier molecular flexibility index (Phi) is 5.18. The summed E-state index contributed by atoms with van der Waals surface area (Å²) in [4.78, 5) is 24.9. The lowest BCUT2D eigenvalue weighted by Crippen LogP contribution is -2.22. The van der Waals surface area contributed by atoms with E-state index >= 15 is 0 Å². The van der Waals surface area contributed by atoms with Crippen LogP contribution in [0, 0.1) is 19.7 Å². The van der Waals surface area contributed by atoms with E-state index in [0.717, 1.165) is 12.0 Å². The van der Waals surface area contributed by atoms with Crippen LogP contribution in [0.2, 0.25) is 0 Å². The molecule has 0 atom stereocenters. The van der Waals surface area contributed by atoms with E-state index in [4.69, 9.17) is 8.94 Å². The number of anilines is 1. The van der Waals surface area contributed by atoms with Gasteiger partial charge in [-0.1, -0.05) is 5.16 Å². The topological polar surface area (TPSA) is 110 Å². The quantitative estimate of drug-likeness (QED) is 0.637. The fourth-order valence-electron chi connectivity index (χ4n) is 3.38. The van der Waals surface area contributed by atoms with E-state index in [2.05, 4.69) is 21.0 Å². The van der Waals surface area contributed by atoms with Crippen molar-refractivity contribution in [2.45, 2.75) is 33.1 Å². The van der Waals surface area contributed by atoms with E-state index < -0.39 is 17.6 Å². The zero-order valence-electron chi connectivity index (χ0n) is 16.4. The molecular formula is C21H19FN4O4. The van der Waals surface area contributed by atoms with E-state index in [-0.39, 0.29) is 5.76 Å². The van der Waals surface area contributed by atoms with Gasteiger partial charge >= 0.3 is 0 Å². The number of aromatic nitrogens is 1. The molecule has 30 heavy (non-hydrogen) atoms. The number of furan rings is 1. The molecule has 0 radical (unpaired) electrons. The third-order valence-electron chi connectivity index (χ3n) is 4.80. The van der Waals surface area contributed by atoms with Crippen LogP contribution < -0.4 is 10.7 Å². The average Bonchev–Trinajstić information content (AvgIpc) is 3.29. The van der Waals surface area contributed by atoms with Crippen molar-refractivity contribution in [2.24, 2.45) is 5.10 Å². The number of benzene rings is 1. The highest BCUT2D eigenvalue weighted by atomic mass is 19.1. The van der Waals surface area contributed by atoms with Crippen LogP contribution in [-0.2, 0) is 6.42 Å². The number of halogens is 1. The Hall–Kier alpha value is -3.75. The molecule has 154 valence electrons. The summed E-state index contributed by atoms with van der Waals surface area (Å²) in [5, 5.41) is 10.6. The number of hydrogen-bond donors (Lipinski definition) is 2. The average molecular weight is 410 g/mol. The van der Waals surface area contributed by atoms with Crippen molar-refractivity contribution in [1.29, 1.82) is 0 Å². The highest BCUT2D eigenvalue weighted by Gasteiger charge is 2.28. The molecule has 0 unspecified atom stereocenters. The molecule has 1 aliphatic carbocycles. The Morgan fingerprint density at radius 3 is 2.60 bits per heavy atom. The maximum atomic E-state index is 13.0. The molecule has 2 N–H and O–H groups in total. The molecule has 1 aliphatic rings. The van der Waals surface area contributed by atoms with Crippen molar-refractivity contribution in [3.8, 4) is 0 Å². The second-order valence-electron chi connectivity index (χ2n) is 6.99. The minimum absolute atomic E-state index is 0.167. The fraction of sp³-hybridized carbons (Fsp3) is 0.238. The maximum absolute atomic E-state index is 13.0. The summed E-state index contributed by atoms with van der Waals surface area (Å²) in [6.07, 6.45) is 2.06. The van der Waals surface area contributed by atoms with E-state index in [9.17, 15) is 14.0 Å². The number of aryl methyl sites for hydroxylation is 2. The SMILES string of the molecule is Cc1cc(NC(=O)c2oc3c(c2C)/C(=N/NC(=O)c2ccc(F)cc2)CCC3)no1. The van der Waals surface area contributed by atoms with Crippen LogP contribution in [0.5, 0.6) is 0 Å². The highest BCUT2D eigenvalue weighted by molar-refractivity contribution is 6.09. The number of amides is 2. The molecule has 0 fully saturated rings. The first-order chi connectivity index (χ1) is 14.4. The number of nitrogens with zero attached hydrogens (tertiary/aromatic N) is 2. The molecule has 0 bridgehead atoms. The summed E-state index contributed by atoms with van der Waals surface area (Å²) in [5.74, 6) is 0.379. The molecule has 0 saturated heterocycles. The fourth-order valence-corrected chi connectivity index (χ4v) is 3.38. The van der Waals surface area contributed by atoms with Crippen LogP contribution >= 0.6 is 0 Å². The van der Waals surface area contributed by atoms with Gasteiger partial charge in [0.05, 0.1) is 5.71 Å². The third kappa shape index (κ3) is 3.86. The summed E-state index contributed by atoms with van der Waals surface area (Å²) >= 11 is 0. The minimum Gasteiger partial charge on any atom is -0.455 e. The lowest BCUT2D eigenvalue weighted by atomic mass is 9.93. The van der Waals surface area contributed by atoms with Gasteiger partial charge in [-0.25, -0.2) is 9.82 Å². The number of rotatable bonds is 4. The predicted molar refractivity (Wildman–Crippen MR) is 106 cm³/mol. The van der Waals surface area contributed by atoms with Crippen molar-refractivity contribution in [3.63, 3.8) is 0 Å². The van der Waals surface area contributed by atoms with Gasteiger partial charge in [0.15, 0.2) is 11.6 Å². The molecule has 4 rings (SSSR count). The summed E-state index contributed by atoms with van der Waals surface area (Å²) in [5.41, 5.74) is 4.78. The zero-order valence-corrected chi connectivity index (χ0v) is 16.4. The largest absolute Gasteiger partial charge is 0.455 e. The van der Waals surface area contributed by atoms with Crippen molar-refractivity contribution in [3.05, 3.63) is 70.1 Å². The van der Waals surface area contributed by atoms with Crippen molar-refractivity contribution < 1.29 is 22.9 Å². The zero-order chi connectivity index (χ0) is 21.3. The first-order valence-corrected chi connectivity index (χ1v) is 9.42. The molecule has 0 saturated carbocycles. The van der Waals surface area contributed by atoms with Crippen molar-refractivity contribution in [1.82, 2.24) is 10.6 Å². The molecule has 0 aliphatic heterocycles. The summed E-state index contributed by atoms with van der Waals surface area (Å²) in [6, 6.07) is 6.79. The Morgan fingerprint density at radius 1 is 1.13 bits per heavy atom. The van der Waals surface area contributed by atoms with Crippen LogP contribution in [0.1, 0.15) is 56.4 Å². The van der Waals surface area contributed by atoms with Crippen molar-refractivity contribution in [2.75, 3.05) is 5.32 Å². The monoisotopic (exact) mass is 410 g/mol. The molecule has 2 aromatic heterocycles. The number of fused-ring (bicyclic) bond motifs is 1. The van der Waals surface area contributed by atoms with Gasteiger partial charge in [0.25, 0.3) is 11.8 Å². The van der Waals surface area contributed by atoms with Gasteiger partial charge in [-0.3, -0.25) is 9.59 Å². The highest BCUT2D eigenvalue weighted by Crippen LogP contribution is 2.30. The van der Waals surface area contributed by atoms with E-state index in [1.807, 2.05) is 0 Å². The smallest absolute Gasteiger partial charge is 0.292 e. The van der Waals surface area contributed by atoms with Crippen LogP contribution in [0.15, 0.2) is 44.4 Å². The number of hydrogen-bond acceptors (Lipinski definition) is 6. The Labute approximate surface area is 171 Å². The van der Waals surface area contributed by atoms with Crippen LogP contribution in [-0.4, -0.2) is 22.7 Å². The molecule has 2 heterocycles. The lowest BCUT2D eigenvalue weighted by molar-refractivity contribution is 0.0953. The second-order valence-corrected chi connectivity index (χ2v) is 6.99. The van der Waals surface area contributed by atoms with Gasteiger partial charge < -0.3 is 14.3 Å². The van der Waals surface area contributed by atoms with E-state index in [1.54, 1.807) is 19.9 Å². The second kappa shape index (κ2) is 7.94. The molecule has 1 aromatic carbocycles. The normalized spacial score (nSPS) is 14.4. The number of hydrazone groups is 1. The number of carbonyl (C=O) groups excluding carboxylic acids is 2. The maximum Gasteiger partial charge on any atom is 0.292 e. The lowest BCUT2D eigenvalue weighted by Gasteiger charge is -2.13. The van der Waals surface area contributed by atoms with Gasteiger partial charge in [-0.15, -0.1) is 0 Å². The molecule has 0 spiro atoms. The first kappa shape index (κ1) is 19.6. The standard InChI is InChI=1S/C21H19FN4O4/c1-11-10-17(26-30-11)23-21(28)19-12(2)18-15(4-3-5-16(18)29-19)24-25-20(27)13-6-8-14(22)9-7-13/h6-10H,3-5H2,1-2H3,(H,25,27)(H,23,26,28)/b24-15+. The summed E-state index contributed by atoms with van der Waals surface area (Å²) < 4.78 is 23.8. The van der Waals surface area contributed by atoms with Gasteiger partial charge in [0.2, 0.25) is 0 Å². The molecule has 2 amide bonds. The van der Waals surface area contributed by atoms with Crippen molar-refractivity contribution >= 4 is 23.3 Å². The van der Waals surface area contributed by atoms with Crippen LogP contribution in [0.3, 0.4) is 0 Å². The number of carbonyl (C=O) groups is 2. The Morgan fingerprint density at radius 2 is 1.90 bits per heavy atom. The van der Waals surface area contributed by atoms with Gasteiger partial charge in [-0.05, 0) is 51.0 Å². The first-order valence-electron chi connectivity index (χ1n) is 9.42. The molecular weight excluding hydrogens is 391 g/mol.